The fourth-order valence-electron chi connectivity index (χ4n) is 3.46. The summed E-state index contributed by atoms with van der Waals surface area (Å²) < 4.78 is 89.1. The quantitative estimate of drug-likeness (QED) is 0.328. The van der Waals surface area contributed by atoms with Gasteiger partial charge >= 0.3 is 12.4 Å². The zero-order valence-electron chi connectivity index (χ0n) is 18.1. The summed E-state index contributed by atoms with van der Waals surface area (Å²) in [7, 11) is 0. The number of ether oxygens (including phenoxy) is 1. The third-order valence-corrected chi connectivity index (χ3v) is 5.16. The molecule has 4 rings (SSSR count). The van der Waals surface area contributed by atoms with Gasteiger partial charge in [0.15, 0.2) is 5.82 Å². The maximum absolute atomic E-state index is 13.4. The Morgan fingerprint density at radius 2 is 1.80 bits per heavy atom. The summed E-state index contributed by atoms with van der Waals surface area (Å²) in [5.41, 5.74) is -2.21. The maximum Gasteiger partial charge on any atom is 0.416 e. The molecule has 0 bridgehead atoms. The molecule has 0 aliphatic heterocycles. The van der Waals surface area contributed by atoms with E-state index in [2.05, 4.69) is 20.7 Å². The molecule has 35 heavy (non-hydrogen) atoms. The van der Waals surface area contributed by atoms with Gasteiger partial charge in [-0.15, -0.1) is 0 Å². The number of nitrogens with zero attached hydrogens (tertiary/aromatic N) is 2. The smallest absolute Gasteiger partial charge is 0.416 e. The zero-order valence-corrected chi connectivity index (χ0v) is 18.1. The Kier molecular flexibility index (Phi) is 5.95. The van der Waals surface area contributed by atoms with Crippen LogP contribution in [0.5, 0.6) is 5.75 Å². The molecule has 0 atom stereocenters. The van der Waals surface area contributed by atoms with Crippen molar-refractivity contribution in [2.24, 2.45) is 0 Å². The molecule has 0 aliphatic carbocycles. The number of amides is 1. The number of fused-ring (bicyclic) bond motifs is 1. The maximum atomic E-state index is 13.4. The van der Waals surface area contributed by atoms with Gasteiger partial charge in [-0.25, -0.2) is 0 Å². The van der Waals surface area contributed by atoms with E-state index in [1.54, 1.807) is 13.8 Å². The molecule has 184 valence electrons. The second kappa shape index (κ2) is 8.64. The predicted octanol–water partition coefficient (Wildman–Crippen LogP) is 6.04. The molecule has 0 aliphatic rings. The van der Waals surface area contributed by atoms with Crippen LogP contribution in [-0.2, 0) is 19.0 Å². The molecule has 2 heterocycles. The summed E-state index contributed by atoms with van der Waals surface area (Å²) in [5, 5.41) is 13.4. The van der Waals surface area contributed by atoms with E-state index in [-0.39, 0.29) is 23.2 Å². The van der Waals surface area contributed by atoms with Gasteiger partial charge in [0, 0.05) is 10.9 Å². The molecule has 1 amide bonds. The molecule has 2 N–H and O–H groups in total. The molecule has 2 aromatic carbocycles. The average molecular weight is 498 g/mol. The second-order valence-corrected chi connectivity index (χ2v) is 7.59. The lowest BCUT2D eigenvalue weighted by Crippen LogP contribution is -2.14. The molecule has 0 spiro atoms. The van der Waals surface area contributed by atoms with Crippen LogP contribution in [-0.4, -0.2) is 21.3 Å². The van der Waals surface area contributed by atoms with Crippen LogP contribution >= 0.6 is 0 Å². The van der Waals surface area contributed by atoms with Crippen LogP contribution in [0.2, 0.25) is 0 Å². The number of aryl methyl sites for hydroxylation is 2. The van der Waals surface area contributed by atoms with Crippen molar-refractivity contribution in [3.63, 3.8) is 0 Å². The van der Waals surface area contributed by atoms with Crippen molar-refractivity contribution in [2.45, 2.75) is 32.8 Å². The minimum Gasteiger partial charge on any atom is -0.489 e. The Bertz CT molecular complexity index is 1390. The molecule has 0 fully saturated rings. The lowest BCUT2D eigenvalue weighted by Gasteiger charge is -2.16. The van der Waals surface area contributed by atoms with E-state index in [9.17, 15) is 31.1 Å². The molecule has 4 aromatic rings. The van der Waals surface area contributed by atoms with Gasteiger partial charge in [-0.05, 0) is 44.2 Å². The summed E-state index contributed by atoms with van der Waals surface area (Å²) >= 11 is 0. The Balaban J connectivity index is 1.58. The highest BCUT2D eigenvalue weighted by Gasteiger charge is 2.38. The molecule has 7 nitrogen and oxygen atoms in total. The van der Waals surface area contributed by atoms with Gasteiger partial charge in [-0.3, -0.25) is 9.89 Å². The van der Waals surface area contributed by atoms with Crippen molar-refractivity contribution in [1.29, 1.82) is 0 Å². The van der Waals surface area contributed by atoms with Crippen LogP contribution in [0.25, 0.3) is 10.9 Å². The molecular weight excluding hydrogens is 482 g/mol. The first kappa shape index (κ1) is 24.1. The summed E-state index contributed by atoms with van der Waals surface area (Å²) in [6, 6.07) is 5.75. The number of halogens is 6. The molecule has 0 unspecified atom stereocenters. The normalized spacial score (nSPS) is 12.2. The Morgan fingerprint density at radius 3 is 2.43 bits per heavy atom. The third-order valence-electron chi connectivity index (χ3n) is 5.16. The first-order valence-corrected chi connectivity index (χ1v) is 9.97. The van der Waals surface area contributed by atoms with Gasteiger partial charge in [-0.1, -0.05) is 11.2 Å². The van der Waals surface area contributed by atoms with Gasteiger partial charge < -0.3 is 14.6 Å². The van der Waals surface area contributed by atoms with Crippen LogP contribution in [0.4, 0.5) is 32.2 Å². The third kappa shape index (κ3) is 4.93. The first-order chi connectivity index (χ1) is 16.3. The number of carbonyl (C=O) groups is 1. The van der Waals surface area contributed by atoms with Crippen molar-refractivity contribution < 1.29 is 40.4 Å². The largest absolute Gasteiger partial charge is 0.489 e. The summed E-state index contributed by atoms with van der Waals surface area (Å²) in [4.78, 5) is 12.6. The number of H-pyrrole nitrogens is 1. The summed E-state index contributed by atoms with van der Waals surface area (Å²) in [5.74, 6) is 0.0159. The highest BCUT2D eigenvalue weighted by atomic mass is 19.4. The van der Waals surface area contributed by atoms with Crippen LogP contribution in [0, 0.1) is 13.8 Å². The average Bonchev–Trinajstić information content (AvgIpc) is 3.32. The molecule has 13 heteroatoms. The number of carbonyl (C=O) groups excluding carboxylic acids is 1. The number of hydrogen-bond acceptors (Lipinski definition) is 5. The van der Waals surface area contributed by atoms with Crippen LogP contribution in [0.3, 0.4) is 0 Å². The second-order valence-electron chi connectivity index (χ2n) is 7.59. The number of nitrogens with one attached hydrogen (secondary N) is 2. The number of alkyl halides is 6. The van der Waals surface area contributed by atoms with Crippen molar-refractivity contribution in [1.82, 2.24) is 15.4 Å². The number of benzene rings is 2. The van der Waals surface area contributed by atoms with Crippen molar-refractivity contribution >= 4 is 22.6 Å². The number of anilines is 1. The van der Waals surface area contributed by atoms with E-state index < -0.39 is 41.6 Å². The Hall–Kier alpha value is -4.03. The van der Waals surface area contributed by atoms with E-state index in [1.165, 1.54) is 18.2 Å². The fraction of sp³-hybridized carbons (Fsp3) is 0.227. The lowest BCUT2D eigenvalue weighted by molar-refractivity contribution is -0.143. The SMILES string of the molecule is Cc1noc(C)c1C(=O)Nc1n[nH]c2ccc(OCc3ccc(C(F)(F)F)cc3C(F)(F)F)cc12. The highest BCUT2D eigenvalue weighted by molar-refractivity contribution is 6.09. The monoisotopic (exact) mass is 498 g/mol. The van der Waals surface area contributed by atoms with E-state index >= 15 is 0 Å². The number of rotatable bonds is 5. The van der Waals surface area contributed by atoms with Crippen LogP contribution in [0.1, 0.15) is 38.5 Å². The predicted molar refractivity (Wildman–Crippen MR) is 111 cm³/mol. The number of aromatic amines is 1. The standard InChI is InChI=1S/C22H16F6N4O3/c1-10-18(11(2)35-32-10)20(33)29-19-15-8-14(5-6-17(15)30-31-19)34-9-12-3-4-13(21(23,24)25)7-16(12)22(26,27)28/h3-8H,9H2,1-2H3,(H2,29,30,31,33). The molecule has 2 aromatic heterocycles. The van der Waals surface area contributed by atoms with Gasteiger partial charge in [0.2, 0.25) is 0 Å². The Labute approximate surface area is 193 Å². The van der Waals surface area contributed by atoms with E-state index in [0.29, 0.717) is 28.4 Å². The highest BCUT2D eigenvalue weighted by Crippen LogP contribution is 2.38. The van der Waals surface area contributed by atoms with Crippen molar-refractivity contribution in [3.05, 3.63) is 70.1 Å². The Morgan fingerprint density at radius 1 is 1.06 bits per heavy atom. The van der Waals surface area contributed by atoms with Gasteiger partial charge in [-0.2, -0.15) is 31.4 Å². The minimum absolute atomic E-state index is 0.0559. The first-order valence-electron chi connectivity index (χ1n) is 9.97. The topological polar surface area (TPSA) is 93.0 Å². The molecule has 0 saturated carbocycles. The minimum atomic E-state index is -5.01. The van der Waals surface area contributed by atoms with Crippen LogP contribution in [0.15, 0.2) is 40.9 Å². The number of aromatic nitrogens is 3. The number of hydrogen-bond donors (Lipinski definition) is 2. The van der Waals surface area contributed by atoms with E-state index in [1.807, 2.05) is 0 Å². The molecule has 0 radical (unpaired) electrons. The fourth-order valence-corrected chi connectivity index (χ4v) is 3.46. The molecule has 0 saturated heterocycles. The van der Waals surface area contributed by atoms with Crippen molar-refractivity contribution in [3.8, 4) is 5.75 Å². The van der Waals surface area contributed by atoms with Gasteiger partial charge in [0.1, 0.15) is 23.7 Å². The van der Waals surface area contributed by atoms with Crippen molar-refractivity contribution in [2.75, 3.05) is 5.32 Å². The summed E-state index contributed by atoms with van der Waals surface area (Å²) in [6.45, 7) is 2.52. The molecular formula is C22H16F6N4O3. The lowest BCUT2D eigenvalue weighted by atomic mass is 10.0. The summed E-state index contributed by atoms with van der Waals surface area (Å²) in [6.07, 6.45) is -9.93. The van der Waals surface area contributed by atoms with E-state index in [0.717, 1.165) is 6.07 Å². The van der Waals surface area contributed by atoms with Gasteiger partial charge in [0.25, 0.3) is 5.91 Å². The van der Waals surface area contributed by atoms with E-state index in [4.69, 9.17) is 9.26 Å². The van der Waals surface area contributed by atoms with Crippen LogP contribution < -0.4 is 10.1 Å². The van der Waals surface area contributed by atoms with Gasteiger partial charge in [0.05, 0.1) is 22.3 Å². The zero-order chi connectivity index (χ0) is 25.5.